The maximum Gasteiger partial charge on any atom is 0.411 e. The molecule has 0 aromatic rings. The van der Waals surface area contributed by atoms with Crippen molar-refractivity contribution < 1.29 is 77.4 Å². The quantitative estimate of drug-likeness (QED) is 0.201. The zero-order valence-electron chi connectivity index (χ0n) is 22.0. The molecule has 193 valence electrons. The van der Waals surface area contributed by atoms with Crippen LogP contribution in [0, 0.1) is 50.0 Å². The van der Waals surface area contributed by atoms with Crippen molar-refractivity contribution in [1.82, 2.24) is 4.90 Å². The first-order valence-corrected chi connectivity index (χ1v) is 11.4. The van der Waals surface area contributed by atoms with Gasteiger partial charge in [-0.15, -0.1) is 0 Å². The Kier molecular flexibility index (Phi) is 14.0. The molecule has 34 heavy (non-hydrogen) atoms. The van der Waals surface area contributed by atoms with Crippen LogP contribution in [0.1, 0.15) is 68.7 Å². The third-order valence-corrected chi connectivity index (χ3v) is 4.86. The van der Waals surface area contributed by atoms with Gasteiger partial charge in [-0.2, -0.15) is 0 Å². The van der Waals surface area contributed by atoms with Crippen LogP contribution in [0.2, 0.25) is 0 Å². The number of ketones is 1. The van der Waals surface area contributed by atoms with Gasteiger partial charge in [-0.05, 0) is 74.7 Å². The van der Waals surface area contributed by atoms with Crippen LogP contribution in [0.5, 0.6) is 0 Å². The van der Waals surface area contributed by atoms with Gasteiger partial charge in [0.1, 0.15) is 29.6 Å². The number of amides is 1. The van der Waals surface area contributed by atoms with E-state index in [1.807, 2.05) is 19.9 Å². The summed E-state index contributed by atoms with van der Waals surface area (Å²) in [7, 11) is 0. The largest absolute Gasteiger partial charge is 0.667 e. The van der Waals surface area contributed by atoms with Crippen LogP contribution in [-0.2, 0) is 28.5 Å². The van der Waals surface area contributed by atoms with Gasteiger partial charge in [-0.1, -0.05) is 18.2 Å². The van der Waals surface area contributed by atoms with Crippen molar-refractivity contribution in [3.63, 3.8) is 0 Å². The predicted octanol–water partition coefficient (Wildman–Crippen LogP) is 4.29. The monoisotopic (exact) mass is 696 g/mol. The average Bonchev–Trinajstić information content (AvgIpc) is 3.03. The minimum atomic E-state index is -1.35. The number of carbonyl (C=O) groups excluding carboxylic acids is 3. The fraction of sp³-hybridized carbons (Fsp3) is 0.792. The van der Waals surface area contributed by atoms with Crippen molar-refractivity contribution in [3.05, 3.63) is 17.9 Å². The van der Waals surface area contributed by atoms with Gasteiger partial charge < -0.3 is 24.7 Å². The minimum Gasteiger partial charge on any atom is -0.667 e. The number of allylic oxidation sites excluding steroid dienone is 1. The molecule has 10 heteroatoms. The normalized spacial score (nSPS) is 22.8. The molecule has 0 bridgehead atoms. The number of likely N-dealkylation sites (tertiary alicyclic amines) is 1. The Morgan fingerprint density at radius 2 is 1.62 bits per heavy atom. The van der Waals surface area contributed by atoms with E-state index in [1.165, 1.54) is 4.90 Å². The molecular weight excluding hydrogens is 655 g/mol. The maximum atomic E-state index is 13.2. The fourth-order valence-electron chi connectivity index (χ4n) is 3.68. The third-order valence-electron chi connectivity index (χ3n) is 4.86. The van der Waals surface area contributed by atoms with Gasteiger partial charge in [0.15, 0.2) is 6.29 Å². The Bertz CT molecular complexity index is 715. The van der Waals surface area contributed by atoms with Crippen molar-refractivity contribution in [3.8, 4) is 0 Å². The number of carbonyl (C=O) groups is 3. The Morgan fingerprint density at radius 1 is 1.06 bits per heavy atom. The van der Waals surface area contributed by atoms with Gasteiger partial charge in [0, 0.05) is 56.7 Å². The van der Waals surface area contributed by atoms with Crippen molar-refractivity contribution >= 4 is 17.8 Å². The van der Waals surface area contributed by atoms with Crippen LogP contribution in [0.4, 0.5) is 4.79 Å². The number of Topliss-reactive ketones (excluding diaryl/α,β-unsaturated/α-hetero) is 1. The summed E-state index contributed by atoms with van der Waals surface area (Å²) in [4.78, 5) is 40.3. The van der Waals surface area contributed by atoms with Crippen molar-refractivity contribution in [2.75, 3.05) is 13.2 Å². The van der Waals surface area contributed by atoms with Gasteiger partial charge in [0.2, 0.25) is 0 Å². The van der Waals surface area contributed by atoms with Crippen molar-refractivity contribution in [1.29, 1.82) is 0 Å². The standard InChI is InChI=1S/C24H41N2O7.Ac/c1-10-12-16-13-17(21(28)32-23(4,5)6)26(22(29)33-24(7,8)9)20(16)19(25)18(27)14-31-15(3)30-11-2;/h10,12,15-17,19-20,25H,11,13-14H2,1-9H3;/q-1;/b12-10-;/t15?,16-,17-,19+,20-;/m1./s1. The van der Waals surface area contributed by atoms with Crippen LogP contribution >= 0.6 is 0 Å². The van der Waals surface area contributed by atoms with Crippen LogP contribution in [0.25, 0.3) is 5.73 Å². The van der Waals surface area contributed by atoms with E-state index < -0.39 is 59.4 Å². The second-order valence-corrected chi connectivity index (χ2v) is 10.1. The molecule has 1 aliphatic rings. The molecule has 1 amide bonds. The first-order chi connectivity index (χ1) is 15.1. The van der Waals surface area contributed by atoms with Gasteiger partial charge in [-0.3, -0.25) is 9.69 Å². The molecule has 9 nitrogen and oxygen atoms in total. The maximum absolute atomic E-state index is 13.2. The van der Waals surface area contributed by atoms with Gasteiger partial charge in [-0.25, -0.2) is 9.59 Å². The smallest absolute Gasteiger partial charge is 0.411 e. The number of rotatable bonds is 9. The number of hydrogen-bond acceptors (Lipinski definition) is 7. The fourth-order valence-corrected chi connectivity index (χ4v) is 3.68. The molecule has 0 saturated carbocycles. The summed E-state index contributed by atoms with van der Waals surface area (Å²) in [6.07, 6.45) is 2.46. The first-order valence-electron chi connectivity index (χ1n) is 11.4. The van der Waals surface area contributed by atoms with E-state index >= 15 is 0 Å². The molecule has 0 aromatic carbocycles. The molecular formula is C24H41AcN2O7-. The Balaban J connectivity index is 0.0000109. The molecule has 0 aromatic heterocycles. The van der Waals surface area contributed by atoms with E-state index in [9.17, 15) is 14.4 Å². The molecule has 5 atom stereocenters. The summed E-state index contributed by atoms with van der Waals surface area (Å²) in [6, 6.07) is -3.23. The average molecular weight is 697 g/mol. The number of hydrogen-bond donors (Lipinski definition) is 0. The summed E-state index contributed by atoms with van der Waals surface area (Å²) in [6.45, 7) is 15.7. The molecule has 1 fully saturated rings. The molecule has 1 N–H and O–H groups in total. The van der Waals surface area contributed by atoms with Crippen molar-refractivity contribution in [2.24, 2.45) is 5.92 Å². The number of nitrogens with zero attached hydrogens (tertiary/aromatic N) is 1. The van der Waals surface area contributed by atoms with E-state index in [1.54, 1.807) is 54.5 Å². The third kappa shape index (κ3) is 10.6. The molecule has 1 radical (unpaired) electrons. The summed E-state index contributed by atoms with van der Waals surface area (Å²) < 4.78 is 21.8. The van der Waals surface area contributed by atoms with Gasteiger partial charge in [0.05, 0.1) is 0 Å². The molecule has 1 heterocycles. The molecule has 1 unspecified atom stereocenters. The summed E-state index contributed by atoms with van der Waals surface area (Å²) in [5.74, 6) is -1.51. The van der Waals surface area contributed by atoms with E-state index in [0.29, 0.717) is 6.61 Å². The SMILES string of the molecule is C/C=C\[C@@H]1C[C@H](C(=O)OC(C)(C)C)N(C(=O)OC(C)(C)C)[C@H]1[C@@H]([NH-])C(=O)COC(C)OCC.[Ac]. The van der Waals surface area contributed by atoms with Crippen LogP contribution < -0.4 is 0 Å². The van der Waals surface area contributed by atoms with E-state index in [2.05, 4.69) is 0 Å². The Hall–Kier alpha value is -0.528. The summed E-state index contributed by atoms with van der Waals surface area (Å²) in [5.41, 5.74) is 7.11. The first kappa shape index (κ1) is 33.5. The van der Waals surface area contributed by atoms with E-state index in [-0.39, 0.29) is 57.1 Å². The topological polar surface area (TPSA) is 115 Å². The predicted molar refractivity (Wildman–Crippen MR) is 125 cm³/mol. The second kappa shape index (κ2) is 14.3. The van der Waals surface area contributed by atoms with Crippen LogP contribution in [-0.4, -0.2) is 71.6 Å². The number of nitrogens with one attached hydrogen (secondary N) is 1. The summed E-state index contributed by atoms with van der Waals surface area (Å²) in [5, 5.41) is 0. The van der Waals surface area contributed by atoms with E-state index in [4.69, 9.17) is 24.7 Å². The Morgan fingerprint density at radius 3 is 2.09 bits per heavy atom. The molecule has 1 rings (SSSR count). The van der Waals surface area contributed by atoms with Crippen molar-refractivity contribution in [2.45, 2.75) is 104 Å². The minimum absolute atomic E-state index is 0. The molecule has 1 saturated heterocycles. The number of esters is 1. The molecule has 0 aliphatic carbocycles. The van der Waals surface area contributed by atoms with Crippen LogP contribution in [0.15, 0.2) is 12.2 Å². The van der Waals surface area contributed by atoms with Gasteiger partial charge >= 0.3 is 12.1 Å². The summed E-state index contributed by atoms with van der Waals surface area (Å²) >= 11 is 0. The van der Waals surface area contributed by atoms with E-state index in [0.717, 1.165) is 0 Å². The molecule has 0 spiro atoms. The van der Waals surface area contributed by atoms with Crippen LogP contribution in [0.3, 0.4) is 0 Å². The molecule has 1 aliphatic heterocycles. The number of ether oxygens (including phenoxy) is 4. The zero-order valence-corrected chi connectivity index (χ0v) is 26.8. The second-order valence-electron chi connectivity index (χ2n) is 10.1. The van der Waals surface area contributed by atoms with Gasteiger partial charge in [0.25, 0.3) is 0 Å². The Labute approximate surface area is 240 Å². The zero-order chi connectivity index (χ0) is 25.6.